The van der Waals surface area contributed by atoms with Gasteiger partial charge in [-0.2, -0.15) is 5.26 Å². The fraction of sp³-hybridized carbons (Fsp3) is 0.500. The van der Waals surface area contributed by atoms with Crippen LogP contribution in [0.2, 0.25) is 0 Å². The molecular formula is C14H16F2N2O. The van der Waals surface area contributed by atoms with E-state index in [0.29, 0.717) is 19.5 Å². The Morgan fingerprint density at radius 2 is 2.05 bits per heavy atom. The molecule has 0 radical (unpaired) electrons. The van der Waals surface area contributed by atoms with E-state index in [1.165, 1.54) is 0 Å². The van der Waals surface area contributed by atoms with E-state index in [2.05, 4.69) is 0 Å². The summed E-state index contributed by atoms with van der Waals surface area (Å²) in [5.41, 5.74) is -0.0655. The number of halogens is 2. The van der Waals surface area contributed by atoms with Crippen LogP contribution in [0.5, 0.6) is 0 Å². The van der Waals surface area contributed by atoms with Crippen LogP contribution in [0.15, 0.2) is 12.1 Å². The van der Waals surface area contributed by atoms with Crippen molar-refractivity contribution in [1.29, 1.82) is 5.26 Å². The van der Waals surface area contributed by atoms with E-state index in [1.54, 1.807) is 11.0 Å². The van der Waals surface area contributed by atoms with E-state index in [1.807, 2.05) is 0 Å². The minimum absolute atomic E-state index is 0.0114. The highest BCUT2D eigenvalue weighted by molar-refractivity contribution is 5.53. The molecule has 1 fully saturated rings. The SMILES string of the molecule is N#Cc1cc(F)c(N2CCC[C@H](CCO)C2)c(F)c1. The number of rotatable bonds is 3. The number of benzene rings is 1. The van der Waals surface area contributed by atoms with Gasteiger partial charge in [-0.25, -0.2) is 8.78 Å². The van der Waals surface area contributed by atoms with Gasteiger partial charge in [0.1, 0.15) is 5.69 Å². The lowest BCUT2D eigenvalue weighted by Crippen LogP contribution is -2.36. The van der Waals surface area contributed by atoms with E-state index < -0.39 is 11.6 Å². The van der Waals surface area contributed by atoms with Crippen LogP contribution in [0.1, 0.15) is 24.8 Å². The van der Waals surface area contributed by atoms with Crippen LogP contribution >= 0.6 is 0 Å². The summed E-state index contributed by atoms with van der Waals surface area (Å²) in [6, 6.07) is 3.86. The molecule has 2 rings (SSSR count). The van der Waals surface area contributed by atoms with Gasteiger partial charge in [-0.3, -0.25) is 0 Å². The van der Waals surface area contributed by atoms with Gasteiger partial charge in [-0.1, -0.05) is 0 Å². The summed E-state index contributed by atoms with van der Waals surface area (Å²) in [7, 11) is 0. The molecule has 1 aromatic rings. The van der Waals surface area contributed by atoms with Gasteiger partial charge in [0.05, 0.1) is 11.6 Å². The van der Waals surface area contributed by atoms with Crippen LogP contribution < -0.4 is 4.90 Å². The molecule has 5 heteroatoms. The summed E-state index contributed by atoms with van der Waals surface area (Å²) in [4.78, 5) is 1.68. The molecule has 0 bridgehead atoms. The summed E-state index contributed by atoms with van der Waals surface area (Å²) in [5, 5.41) is 17.6. The van der Waals surface area contributed by atoms with Crippen molar-refractivity contribution in [2.75, 3.05) is 24.6 Å². The molecule has 1 atom stereocenters. The second-order valence-corrected chi connectivity index (χ2v) is 4.87. The third-order valence-corrected chi connectivity index (χ3v) is 3.52. The van der Waals surface area contributed by atoms with Crippen LogP contribution in [0.3, 0.4) is 0 Å². The smallest absolute Gasteiger partial charge is 0.150 e. The van der Waals surface area contributed by atoms with Crippen LogP contribution in [-0.2, 0) is 0 Å². The van der Waals surface area contributed by atoms with Gasteiger partial charge in [-0.05, 0) is 37.3 Å². The number of hydrogen-bond acceptors (Lipinski definition) is 3. The zero-order valence-electron chi connectivity index (χ0n) is 10.6. The lowest BCUT2D eigenvalue weighted by atomic mass is 9.94. The van der Waals surface area contributed by atoms with Gasteiger partial charge < -0.3 is 10.0 Å². The molecule has 0 unspecified atom stereocenters. The summed E-state index contributed by atoms with van der Waals surface area (Å²) in [5.74, 6) is -1.13. The average Bonchev–Trinajstić information content (AvgIpc) is 2.38. The van der Waals surface area contributed by atoms with Gasteiger partial charge in [0, 0.05) is 19.7 Å². The normalized spacial score (nSPS) is 19.3. The summed E-state index contributed by atoms with van der Waals surface area (Å²) >= 11 is 0. The lowest BCUT2D eigenvalue weighted by molar-refractivity contribution is 0.244. The first-order valence-electron chi connectivity index (χ1n) is 6.40. The van der Waals surface area contributed by atoms with Gasteiger partial charge in [0.25, 0.3) is 0 Å². The third-order valence-electron chi connectivity index (χ3n) is 3.52. The summed E-state index contributed by atoms with van der Waals surface area (Å²) < 4.78 is 27.8. The molecule has 1 N–H and O–H groups in total. The average molecular weight is 266 g/mol. The molecule has 1 aliphatic rings. The Bertz CT molecular complexity index is 474. The van der Waals surface area contributed by atoms with Crippen molar-refractivity contribution in [2.45, 2.75) is 19.3 Å². The second-order valence-electron chi connectivity index (χ2n) is 4.87. The van der Waals surface area contributed by atoms with Crippen LogP contribution in [0.25, 0.3) is 0 Å². The van der Waals surface area contributed by atoms with Crippen molar-refractivity contribution in [3.8, 4) is 6.07 Å². The summed E-state index contributed by atoms with van der Waals surface area (Å²) in [6.45, 7) is 1.23. The summed E-state index contributed by atoms with van der Waals surface area (Å²) in [6.07, 6.45) is 2.47. The molecule has 1 saturated heterocycles. The maximum absolute atomic E-state index is 13.9. The van der Waals surface area contributed by atoms with Crippen molar-refractivity contribution in [3.63, 3.8) is 0 Å². The van der Waals surface area contributed by atoms with Crippen molar-refractivity contribution < 1.29 is 13.9 Å². The predicted molar refractivity (Wildman–Crippen MR) is 67.7 cm³/mol. The first-order valence-corrected chi connectivity index (χ1v) is 6.40. The number of nitrogens with zero attached hydrogens (tertiary/aromatic N) is 2. The topological polar surface area (TPSA) is 47.3 Å². The number of nitriles is 1. The number of piperidine rings is 1. The third kappa shape index (κ3) is 3.02. The highest BCUT2D eigenvalue weighted by Crippen LogP contribution is 2.30. The molecule has 1 aromatic carbocycles. The largest absolute Gasteiger partial charge is 0.396 e. The molecule has 0 spiro atoms. The van der Waals surface area contributed by atoms with Gasteiger partial charge in [0.2, 0.25) is 0 Å². The predicted octanol–water partition coefficient (Wildman–Crippen LogP) is 2.44. The zero-order valence-corrected chi connectivity index (χ0v) is 10.6. The number of aliphatic hydroxyl groups is 1. The molecule has 0 saturated carbocycles. The lowest BCUT2D eigenvalue weighted by Gasteiger charge is -2.34. The van der Waals surface area contributed by atoms with Crippen molar-refractivity contribution >= 4 is 5.69 Å². The highest BCUT2D eigenvalue weighted by atomic mass is 19.1. The monoisotopic (exact) mass is 266 g/mol. The second kappa shape index (κ2) is 5.98. The Kier molecular flexibility index (Phi) is 4.33. The quantitative estimate of drug-likeness (QED) is 0.914. The van der Waals surface area contributed by atoms with E-state index in [9.17, 15) is 8.78 Å². The molecule has 19 heavy (non-hydrogen) atoms. The van der Waals surface area contributed by atoms with Gasteiger partial charge in [-0.15, -0.1) is 0 Å². The fourth-order valence-electron chi connectivity index (χ4n) is 2.62. The highest BCUT2D eigenvalue weighted by Gasteiger charge is 2.24. The molecular weight excluding hydrogens is 250 g/mol. The van der Waals surface area contributed by atoms with Crippen molar-refractivity contribution in [3.05, 3.63) is 29.3 Å². The molecule has 102 valence electrons. The molecule has 0 amide bonds. The molecule has 3 nitrogen and oxygen atoms in total. The zero-order chi connectivity index (χ0) is 13.8. The fourth-order valence-corrected chi connectivity index (χ4v) is 2.62. The molecule has 1 heterocycles. The maximum atomic E-state index is 13.9. The van der Waals surface area contributed by atoms with Crippen LogP contribution in [-0.4, -0.2) is 24.8 Å². The molecule has 0 aliphatic carbocycles. The van der Waals surface area contributed by atoms with Crippen LogP contribution in [0, 0.1) is 28.9 Å². The Labute approximate surface area is 111 Å². The van der Waals surface area contributed by atoms with E-state index >= 15 is 0 Å². The Morgan fingerprint density at radius 1 is 1.37 bits per heavy atom. The van der Waals surface area contributed by atoms with Gasteiger partial charge >= 0.3 is 0 Å². The Morgan fingerprint density at radius 3 is 2.63 bits per heavy atom. The molecule has 1 aliphatic heterocycles. The van der Waals surface area contributed by atoms with Crippen molar-refractivity contribution in [2.24, 2.45) is 5.92 Å². The van der Waals surface area contributed by atoms with Crippen molar-refractivity contribution in [1.82, 2.24) is 0 Å². The van der Waals surface area contributed by atoms with Gasteiger partial charge in [0.15, 0.2) is 11.6 Å². The minimum atomic E-state index is -0.693. The number of hydrogen-bond donors (Lipinski definition) is 1. The van der Waals surface area contributed by atoms with E-state index in [4.69, 9.17) is 10.4 Å². The standard InChI is InChI=1S/C14H16F2N2O/c15-12-6-11(8-17)7-13(16)14(12)18-4-1-2-10(9-18)3-5-19/h6-7,10,19H,1-5,9H2/t10-/m1/s1. The molecule has 0 aromatic heterocycles. The van der Waals surface area contributed by atoms with E-state index in [-0.39, 0.29) is 23.8 Å². The minimum Gasteiger partial charge on any atom is -0.396 e. The maximum Gasteiger partial charge on any atom is 0.150 e. The van der Waals surface area contributed by atoms with E-state index in [0.717, 1.165) is 25.0 Å². The Balaban J connectivity index is 2.24. The number of anilines is 1. The first-order chi connectivity index (χ1) is 9.15. The first kappa shape index (κ1) is 13.8. The number of aliphatic hydroxyl groups excluding tert-OH is 1. The Hall–Kier alpha value is -1.67. The van der Waals surface area contributed by atoms with Crippen LogP contribution in [0.4, 0.5) is 14.5 Å².